The van der Waals surface area contributed by atoms with Gasteiger partial charge in [0.25, 0.3) is 0 Å². The topological polar surface area (TPSA) is 57.5 Å². The number of anilines is 1. The van der Waals surface area contributed by atoms with Crippen LogP contribution in [0.1, 0.15) is 30.3 Å². The molecular formula is C25H33IN6. The van der Waals surface area contributed by atoms with Gasteiger partial charge in [0, 0.05) is 50.3 Å². The third-order valence-corrected chi connectivity index (χ3v) is 5.65. The van der Waals surface area contributed by atoms with E-state index in [1.807, 2.05) is 18.5 Å². The highest BCUT2D eigenvalue weighted by Crippen LogP contribution is 2.20. The minimum Gasteiger partial charge on any atom is -0.369 e. The average Bonchev–Trinajstić information content (AvgIpc) is 3.43. The van der Waals surface area contributed by atoms with Gasteiger partial charge in [-0.15, -0.1) is 24.0 Å². The van der Waals surface area contributed by atoms with Crippen molar-refractivity contribution in [1.29, 1.82) is 0 Å². The summed E-state index contributed by atoms with van der Waals surface area (Å²) in [4.78, 5) is 11.8. The fourth-order valence-electron chi connectivity index (χ4n) is 3.95. The summed E-state index contributed by atoms with van der Waals surface area (Å²) < 4.78 is 2.16. The molecule has 1 fully saturated rings. The Balaban J connectivity index is 0.00000289. The summed E-state index contributed by atoms with van der Waals surface area (Å²) >= 11 is 0. The molecule has 1 atom stereocenters. The molecule has 1 aromatic heterocycles. The third kappa shape index (κ3) is 6.48. The van der Waals surface area contributed by atoms with Crippen molar-refractivity contribution in [3.8, 4) is 0 Å². The van der Waals surface area contributed by atoms with Gasteiger partial charge < -0.3 is 20.1 Å². The molecule has 32 heavy (non-hydrogen) atoms. The molecular weight excluding hydrogens is 511 g/mol. The number of nitrogens with zero attached hydrogens (tertiary/aromatic N) is 4. The molecule has 0 radical (unpaired) electrons. The van der Waals surface area contributed by atoms with Crippen LogP contribution in [0.4, 0.5) is 5.69 Å². The van der Waals surface area contributed by atoms with Gasteiger partial charge in [-0.1, -0.05) is 48.0 Å². The van der Waals surface area contributed by atoms with Gasteiger partial charge in [-0.05, 0) is 38.0 Å². The average molecular weight is 544 g/mol. The van der Waals surface area contributed by atoms with Crippen LogP contribution in [-0.2, 0) is 13.1 Å². The van der Waals surface area contributed by atoms with Crippen molar-refractivity contribution in [2.24, 2.45) is 4.99 Å². The molecule has 0 bridgehead atoms. The molecule has 0 amide bonds. The normalized spacial score (nSPS) is 16.0. The summed E-state index contributed by atoms with van der Waals surface area (Å²) in [6.45, 7) is 8.45. The number of guanidine groups is 1. The predicted molar refractivity (Wildman–Crippen MR) is 143 cm³/mol. The lowest BCUT2D eigenvalue weighted by Crippen LogP contribution is -2.44. The molecule has 2 N–H and O–H groups in total. The van der Waals surface area contributed by atoms with Crippen LogP contribution in [0.3, 0.4) is 0 Å². The molecule has 1 saturated heterocycles. The van der Waals surface area contributed by atoms with Crippen LogP contribution in [0.2, 0.25) is 0 Å². The Morgan fingerprint density at radius 1 is 1.12 bits per heavy atom. The lowest BCUT2D eigenvalue weighted by atomic mass is 10.2. The third-order valence-electron chi connectivity index (χ3n) is 5.65. The second kappa shape index (κ2) is 11.9. The molecule has 0 saturated carbocycles. The van der Waals surface area contributed by atoms with Gasteiger partial charge >= 0.3 is 0 Å². The lowest BCUT2D eigenvalue weighted by Gasteiger charge is -2.20. The van der Waals surface area contributed by atoms with Gasteiger partial charge in [0.05, 0.1) is 0 Å². The Morgan fingerprint density at radius 3 is 2.66 bits per heavy atom. The van der Waals surface area contributed by atoms with E-state index in [0.29, 0.717) is 12.6 Å². The summed E-state index contributed by atoms with van der Waals surface area (Å²) in [6.07, 6.45) is 4.97. The van der Waals surface area contributed by atoms with Crippen molar-refractivity contribution in [3.05, 3.63) is 83.9 Å². The SMILES string of the molecule is CCNC(=NCc1nccn1Cc1ccccc1)NC1CCN(c2ccc(C)cc2)C1.I. The Bertz CT molecular complexity index is 983. The molecule has 0 spiro atoms. The van der Waals surface area contributed by atoms with Crippen LogP contribution in [0.25, 0.3) is 0 Å². The first-order chi connectivity index (χ1) is 15.2. The molecule has 0 aliphatic carbocycles. The van der Waals surface area contributed by atoms with Gasteiger partial charge in [-0.3, -0.25) is 0 Å². The number of imidazole rings is 1. The molecule has 170 valence electrons. The maximum absolute atomic E-state index is 4.82. The van der Waals surface area contributed by atoms with E-state index in [2.05, 4.69) is 87.5 Å². The summed E-state index contributed by atoms with van der Waals surface area (Å²) in [6, 6.07) is 19.6. The van der Waals surface area contributed by atoms with E-state index in [0.717, 1.165) is 44.4 Å². The van der Waals surface area contributed by atoms with E-state index in [1.54, 1.807) is 0 Å². The number of aromatic nitrogens is 2. The van der Waals surface area contributed by atoms with E-state index >= 15 is 0 Å². The molecule has 1 aliphatic rings. The van der Waals surface area contributed by atoms with E-state index in [9.17, 15) is 0 Å². The highest BCUT2D eigenvalue weighted by atomic mass is 127. The van der Waals surface area contributed by atoms with Gasteiger partial charge in [0.15, 0.2) is 5.96 Å². The molecule has 1 aliphatic heterocycles. The minimum atomic E-state index is 0. The zero-order valence-corrected chi connectivity index (χ0v) is 21.2. The minimum absolute atomic E-state index is 0. The van der Waals surface area contributed by atoms with Crippen molar-refractivity contribution < 1.29 is 0 Å². The first-order valence-electron chi connectivity index (χ1n) is 11.1. The summed E-state index contributed by atoms with van der Waals surface area (Å²) in [5.74, 6) is 1.82. The van der Waals surface area contributed by atoms with Crippen molar-refractivity contribution in [2.45, 2.75) is 39.4 Å². The van der Waals surface area contributed by atoms with E-state index in [4.69, 9.17) is 4.99 Å². The molecule has 7 heteroatoms. The molecule has 3 aromatic rings. The smallest absolute Gasteiger partial charge is 0.191 e. The van der Waals surface area contributed by atoms with Gasteiger partial charge in [0.1, 0.15) is 12.4 Å². The number of halogens is 1. The Morgan fingerprint density at radius 2 is 1.91 bits per heavy atom. The summed E-state index contributed by atoms with van der Waals surface area (Å²) in [5.41, 5.74) is 3.85. The van der Waals surface area contributed by atoms with Gasteiger partial charge in [0.2, 0.25) is 0 Å². The quantitative estimate of drug-likeness (QED) is 0.266. The number of rotatable bonds is 7. The van der Waals surface area contributed by atoms with Crippen LogP contribution in [-0.4, -0.2) is 41.2 Å². The van der Waals surface area contributed by atoms with Gasteiger partial charge in [-0.2, -0.15) is 0 Å². The zero-order valence-electron chi connectivity index (χ0n) is 18.9. The van der Waals surface area contributed by atoms with E-state index in [-0.39, 0.29) is 24.0 Å². The first kappa shape index (κ1) is 24.1. The number of hydrogen-bond donors (Lipinski definition) is 2. The molecule has 2 heterocycles. The fraction of sp³-hybridized carbons (Fsp3) is 0.360. The van der Waals surface area contributed by atoms with Crippen LogP contribution in [0.15, 0.2) is 72.0 Å². The zero-order chi connectivity index (χ0) is 21.5. The number of hydrogen-bond acceptors (Lipinski definition) is 3. The Hall–Kier alpha value is -2.55. The standard InChI is InChI=1S/C25H32N6.HI/c1-3-26-25(29-22-13-15-30(19-22)23-11-9-20(2)10-12-23)28-17-24-27-14-16-31(24)18-21-7-5-4-6-8-21;/h4-12,14,16,22H,3,13,15,17-19H2,1-2H3,(H2,26,28,29);1H. The largest absolute Gasteiger partial charge is 0.369 e. The maximum atomic E-state index is 4.82. The molecule has 1 unspecified atom stereocenters. The maximum Gasteiger partial charge on any atom is 0.191 e. The monoisotopic (exact) mass is 544 g/mol. The lowest BCUT2D eigenvalue weighted by molar-refractivity contribution is 0.645. The van der Waals surface area contributed by atoms with Crippen LogP contribution in [0, 0.1) is 6.92 Å². The first-order valence-corrected chi connectivity index (χ1v) is 11.1. The number of aryl methyl sites for hydroxylation is 1. The van der Waals surface area contributed by atoms with Crippen LogP contribution >= 0.6 is 24.0 Å². The fourth-order valence-corrected chi connectivity index (χ4v) is 3.95. The van der Waals surface area contributed by atoms with Crippen molar-refractivity contribution in [2.75, 3.05) is 24.5 Å². The second-order valence-corrected chi connectivity index (χ2v) is 8.06. The van der Waals surface area contributed by atoms with Crippen molar-refractivity contribution >= 4 is 35.6 Å². The highest BCUT2D eigenvalue weighted by molar-refractivity contribution is 14.0. The molecule has 4 rings (SSSR count). The number of aliphatic imine (C=N–C) groups is 1. The van der Waals surface area contributed by atoms with Crippen molar-refractivity contribution in [1.82, 2.24) is 20.2 Å². The van der Waals surface area contributed by atoms with E-state index < -0.39 is 0 Å². The Kier molecular flexibility index (Phi) is 8.96. The molecule has 2 aromatic carbocycles. The number of benzene rings is 2. The highest BCUT2D eigenvalue weighted by Gasteiger charge is 2.23. The predicted octanol–water partition coefficient (Wildman–Crippen LogP) is 4.19. The van der Waals surface area contributed by atoms with Gasteiger partial charge in [-0.25, -0.2) is 9.98 Å². The molecule has 6 nitrogen and oxygen atoms in total. The summed E-state index contributed by atoms with van der Waals surface area (Å²) in [5, 5.41) is 7.01. The second-order valence-electron chi connectivity index (χ2n) is 8.06. The Labute approximate surface area is 208 Å². The van der Waals surface area contributed by atoms with Crippen LogP contribution in [0.5, 0.6) is 0 Å². The summed E-state index contributed by atoms with van der Waals surface area (Å²) in [7, 11) is 0. The van der Waals surface area contributed by atoms with E-state index in [1.165, 1.54) is 16.8 Å². The van der Waals surface area contributed by atoms with Crippen LogP contribution < -0.4 is 15.5 Å². The van der Waals surface area contributed by atoms with Crippen molar-refractivity contribution in [3.63, 3.8) is 0 Å². The number of nitrogens with one attached hydrogen (secondary N) is 2.